The summed E-state index contributed by atoms with van der Waals surface area (Å²) in [7, 11) is 0. The molecule has 3 heteroatoms. The Labute approximate surface area is 82.9 Å². The zero-order valence-corrected chi connectivity index (χ0v) is 8.37. The Morgan fingerprint density at radius 1 is 0.857 bits per heavy atom. The second-order valence-corrected chi connectivity index (χ2v) is 4.84. The van der Waals surface area contributed by atoms with E-state index in [2.05, 4.69) is 0 Å². The van der Waals surface area contributed by atoms with Gasteiger partial charge in [0.15, 0.2) is 0 Å². The normalized spacial score (nSPS) is 28.5. The number of hydrogen-bond donors (Lipinski definition) is 0. The highest BCUT2D eigenvalue weighted by atomic mass is 19.4. The van der Waals surface area contributed by atoms with Crippen LogP contribution in [0.25, 0.3) is 0 Å². The monoisotopic (exact) mass is 206 g/mol. The molecular weight excluding hydrogens is 189 g/mol. The maximum absolute atomic E-state index is 13.1. The summed E-state index contributed by atoms with van der Waals surface area (Å²) in [6, 6.07) is 0. The van der Waals surface area contributed by atoms with Crippen molar-refractivity contribution in [1.29, 1.82) is 0 Å². The van der Waals surface area contributed by atoms with Gasteiger partial charge in [-0.3, -0.25) is 0 Å². The molecule has 2 fully saturated rings. The molecule has 0 heterocycles. The lowest BCUT2D eigenvalue weighted by atomic mass is 9.72. The van der Waals surface area contributed by atoms with E-state index < -0.39 is 11.6 Å². The van der Waals surface area contributed by atoms with Crippen molar-refractivity contribution in [3.05, 3.63) is 0 Å². The van der Waals surface area contributed by atoms with Gasteiger partial charge in [0, 0.05) is 0 Å². The highest BCUT2D eigenvalue weighted by molar-refractivity contribution is 4.97. The molecule has 0 unspecified atom stereocenters. The van der Waals surface area contributed by atoms with Crippen LogP contribution < -0.4 is 0 Å². The van der Waals surface area contributed by atoms with Crippen LogP contribution in [0, 0.1) is 11.3 Å². The third-order valence-electron chi connectivity index (χ3n) is 4.20. The minimum absolute atomic E-state index is 0.0648. The van der Waals surface area contributed by atoms with Crippen LogP contribution in [0.3, 0.4) is 0 Å². The van der Waals surface area contributed by atoms with Crippen molar-refractivity contribution in [2.75, 3.05) is 0 Å². The SMILES string of the molecule is FC(F)(F)C1(C2CCCC2)CCCC1. The molecule has 0 aromatic heterocycles. The van der Waals surface area contributed by atoms with E-state index >= 15 is 0 Å². The quantitative estimate of drug-likeness (QED) is 0.600. The lowest BCUT2D eigenvalue weighted by Crippen LogP contribution is -2.41. The molecule has 0 radical (unpaired) electrons. The second-order valence-electron chi connectivity index (χ2n) is 4.84. The summed E-state index contributed by atoms with van der Waals surface area (Å²) in [5, 5.41) is 0. The van der Waals surface area contributed by atoms with Crippen molar-refractivity contribution in [3.8, 4) is 0 Å². The molecule has 2 saturated carbocycles. The van der Waals surface area contributed by atoms with Gasteiger partial charge in [-0.1, -0.05) is 25.7 Å². The average Bonchev–Trinajstić information content (AvgIpc) is 2.74. The molecule has 0 saturated heterocycles. The smallest absolute Gasteiger partial charge is 0.170 e. The molecule has 2 aliphatic carbocycles. The van der Waals surface area contributed by atoms with E-state index in [-0.39, 0.29) is 5.92 Å². The fourth-order valence-corrected chi connectivity index (χ4v) is 3.41. The van der Waals surface area contributed by atoms with E-state index in [0.717, 1.165) is 38.5 Å². The molecule has 0 N–H and O–H groups in total. The van der Waals surface area contributed by atoms with Gasteiger partial charge < -0.3 is 0 Å². The largest absolute Gasteiger partial charge is 0.394 e. The molecule has 0 spiro atoms. The molecule has 0 amide bonds. The molecule has 2 rings (SSSR count). The van der Waals surface area contributed by atoms with Gasteiger partial charge in [0.2, 0.25) is 0 Å². The van der Waals surface area contributed by atoms with Crippen LogP contribution in [-0.4, -0.2) is 6.18 Å². The fraction of sp³-hybridized carbons (Fsp3) is 1.00. The number of hydrogen-bond acceptors (Lipinski definition) is 0. The third kappa shape index (κ3) is 1.45. The maximum atomic E-state index is 13.1. The number of rotatable bonds is 1. The zero-order chi connectivity index (χ0) is 10.2. The van der Waals surface area contributed by atoms with Crippen LogP contribution in [-0.2, 0) is 0 Å². The van der Waals surface area contributed by atoms with Gasteiger partial charge in [-0.2, -0.15) is 13.2 Å². The number of alkyl halides is 3. The Morgan fingerprint density at radius 3 is 1.79 bits per heavy atom. The van der Waals surface area contributed by atoms with Crippen molar-refractivity contribution in [3.63, 3.8) is 0 Å². The highest BCUT2D eigenvalue weighted by Gasteiger charge is 2.59. The van der Waals surface area contributed by atoms with E-state index in [1.54, 1.807) is 0 Å². The Bertz CT molecular complexity index is 195. The second kappa shape index (κ2) is 3.42. The van der Waals surface area contributed by atoms with Gasteiger partial charge in [-0.25, -0.2) is 0 Å². The predicted octanol–water partition coefficient (Wildman–Crippen LogP) is 4.30. The molecule has 0 bridgehead atoms. The standard InChI is InChI=1S/C11H17F3/c12-11(13,14)10(7-3-4-8-10)9-5-1-2-6-9/h9H,1-8H2. The van der Waals surface area contributed by atoms with Crippen molar-refractivity contribution in [1.82, 2.24) is 0 Å². The maximum Gasteiger partial charge on any atom is 0.394 e. The Hall–Kier alpha value is -0.210. The Kier molecular flexibility index (Phi) is 2.52. The first-order chi connectivity index (χ1) is 6.56. The van der Waals surface area contributed by atoms with Crippen LogP contribution in [0.1, 0.15) is 51.4 Å². The third-order valence-corrected chi connectivity index (χ3v) is 4.20. The lowest BCUT2D eigenvalue weighted by Gasteiger charge is -2.37. The van der Waals surface area contributed by atoms with E-state index in [1.807, 2.05) is 0 Å². The minimum atomic E-state index is -3.96. The van der Waals surface area contributed by atoms with Gasteiger partial charge in [-0.15, -0.1) is 0 Å². The summed E-state index contributed by atoms with van der Waals surface area (Å²) in [5.41, 5.74) is -1.29. The molecule has 2 aliphatic rings. The van der Waals surface area contributed by atoms with Crippen LogP contribution in [0.15, 0.2) is 0 Å². The first-order valence-corrected chi connectivity index (χ1v) is 5.63. The van der Waals surface area contributed by atoms with Crippen molar-refractivity contribution in [2.24, 2.45) is 11.3 Å². The highest BCUT2D eigenvalue weighted by Crippen LogP contribution is 2.58. The van der Waals surface area contributed by atoms with Gasteiger partial charge in [-0.05, 0) is 31.6 Å². The summed E-state index contributed by atoms with van der Waals surface area (Å²) in [6.45, 7) is 0. The number of halogens is 3. The van der Waals surface area contributed by atoms with Gasteiger partial charge in [0.1, 0.15) is 0 Å². The first-order valence-electron chi connectivity index (χ1n) is 5.63. The molecule has 0 aromatic rings. The minimum Gasteiger partial charge on any atom is -0.170 e. The molecule has 0 aliphatic heterocycles. The van der Waals surface area contributed by atoms with Gasteiger partial charge in [0.05, 0.1) is 5.41 Å². The zero-order valence-electron chi connectivity index (χ0n) is 8.37. The fourth-order valence-electron chi connectivity index (χ4n) is 3.41. The molecule has 0 aromatic carbocycles. The summed E-state index contributed by atoms with van der Waals surface area (Å²) < 4.78 is 39.2. The molecule has 82 valence electrons. The van der Waals surface area contributed by atoms with Gasteiger partial charge >= 0.3 is 6.18 Å². The van der Waals surface area contributed by atoms with Crippen molar-refractivity contribution in [2.45, 2.75) is 57.5 Å². The summed E-state index contributed by atoms with van der Waals surface area (Å²) in [6.07, 6.45) is 1.98. The summed E-state index contributed by atoms with van der Waals surface area (Å²) in [5.74, 6) is -0.0648. The van der Waals surface area contributed by atoms with Crippen LogP contribution in [0.2, 0.25) is 0 Å². The molecule has 0 nitrogen and oxygen atoms in total. The Morgan fingerprint density at radius 2 is 1.36 bits per heavy atom. The van der Waals surface area contributed by atoms with E-state index in [4.69, 9.17) is 0 Å². The van der Waals surface area contributed by atoms with E-state index in [1.165, 1.54) is 0 Å². The van der Waals surface area contributed by atoms with E-state index in [9.17, 15) is 13.2 Å². The van der Waals surface area contributed by atoms with Crippen molar-refractivity contribution < 1.29 is 13.2 Å². The van der Waals surface area contributed by atoms with Crippen molar-refractivity contribution >= 4 is 0 Å². The predicted molar refractivity (Wildman–Crippen MR) is 48.9 cm³/mol. The molecular formula is C11H17F3. The first kappa shape index (κ1) is 10.3. The summed E-state index contributed by atoms with van der Waals surface area (Å²) in [4.78, 5) is 0. The molecule has 14 heavy (non-hydrogen) atoms. The van der Waals surface area contributed by atoms with Gasteiger partial charge in [0.25, 0.3) is 0 Å². The van der Waals surface area contributed by atoms with Crippen LogP contribution in [0.4, 0.5) is 13.2 Å². The van der Waals surface area contributed by atoms with Crippen LogP contribution in [0.5, 0.6) is 0 Å². The average molecular weight is 206 g/mol. The van der Waals surface area contributed by atoms with Crippen LogP contribution >= 0.6 is 0 Å². The lowest BCUT2D eigenvalue weighted by molar-refractivity contribution is -0.240. The Balaban J connectivity index is 2.21. The molecule has 0 atom stereocenters. The summed E-state index contributed by atoms with van der Waals surface area (Å²) >= 11 is 0. The van der Waals surface area contributed by atoms with E-state index in [0.29, 0.717) is 12.8 Å². The topological polar surface area (TPSA) is 0 Å².